The summed E-state index contributed by atoms with van der Waals surface area (Å²) in [5.74, 6) is 0. The molecule has 1 N–H and O–H groups in total. The molecule has 1 atom stereocenters. The minimum atomic E-state index is -3.45. The van der Waals surface area contributed by atoms with Gasteiger partial charge in [0, 0.05) is 23.7 Å². The fourth-order valence-electron chi connectivity index (χ4n) is 2.47. The Morgan fingerprint density at radius 3 is 2.58 bits per heavy atom. The van der Waals surface area contributed by atoms with E-state index in [1.165, 1.54) is 0 Å². The maximum absolute atomic E-state index is 12.6. The number of aliphatic hydroxyl groups excluding tert-OH is 1. The van der Waals surface area contributed by atoms with Crippen molar-refractivity contribution in [3.05, 3.63) is 28.7 Å². The number of aliphatic hydroxyl groups is 1. The average Bonchev–Trinajstić information content (AvgIpc) is 2.40. The summed E-state index contributed by atoms with van der Waals surface area (Å²) in [6.07, 6.45) is 3.25. The lowest BCUT2D eigenvalue weighted by atomic mass is 10.0. The number of hydrogen-bond acceptors (Lipinski definition) is 3. The van der Waals surface area contributed by atoms with Crippen LogP contribution in [0.1, 0.15) is 25.7 Å². The van der Waals surface area contributed by atoms with Crippen molar-refractivity contribution in [1.82, 2.24) is 4.31 Å². The van der Waals surface area contributed by atoms with Gasteiger partial charge >= 0.3 is 0 Å². The zero-order valence-electron chi connectivity index (χ0n) is 10.6. The molecule has 1 fully saturated rings. The Hall–Kier alpha value is -0.430. The standard InChI is InChI=1S/C13H18BrNO3S/c14-11-4-6-13(7-5-11)19(17,18)15-9-2-1-3-12(15)8-10-16/h4-7,12,16H,1-3,8-10H2. The average molecular weight is 348 g/mol. The van der Waals surface area contributed by atoms with Crippen LogP contribution in [-0.4, -0.2) is 37.0 Å². The van der Waals surface area contributed by atoms with Crippen LogP contribution in [-0.2, 0) is 10.0 Å². The molecule has 1 aliphatic rings. The van der Waals surface area contributed by atoms with E-state index in [4.69, 9.17) is 5.11 Å². The first-order valence-electron chi connectivity index (χ1n) is 6.44. The van der Waals surface area contributed by atoms with Crippen molar-refractivity contribution in [1.29, 1.82) is 0 Å². The summed E-state index contributed by atoms with van der Waals surface area (Å²) < 4.78 is 27.6. The van der Waals surface area contributed by atoms with Gasteiger partial charge < -0.3 is 5.11 Å². The lowest BCUT2D eigenvalue weighted by molar-refractivity contribution is 0.192. The molecule has 0 saturated carbocycles. The van der Waals surface area contributed by atoms with Gasteiger partial charge in [-0.25, -0.2) is 8.42 Å². The van der Waals surface area contributed by atoms with E-state index in [0.29, 0.717) is 17.9 Å². The first-order valence-corrected chi connectivity index (χ1v) is 8.67. The summed E-state index contributed by atoms with van der Waals surface area (Å²) >= 11 is 3.30. The quantitative estimate of drug-likeness (QED) is 0.909. The molecule has 0 aliphatic carbocycles. The van der Waals surface area contributed by atoms with Gasteiger partial charge in [-0.05, 0) is 43.5 Å². The number of hydrogen-bond donors (Lipinski definition) is 1. The Labute approximate surface area is 122 Å². The van der Waals surface area contributed by atoms with Crippen LogP contribution in [0.4, 0.5) is 0 Å². The van der Waals surface area contributed by atoms with Crippen LogP contribution in [0.3, 0.4) is 0 Å². The third-order valence-corrected chi connectivity index (χ3v) is 5.95. The molecular formula is C13H18BrNO3S. The van der Waals surface area contributed by atoms with E-state index in [1.54, 1.807) is 28.6 Å². The highest BCUT2D eigenvalue weighted by Crippen LogP contribution is 2.27. The van der Waals surface area contributed by atoms with Crippen LogP contribution in [0, 0.1) is 0 Å². The highest BCUT2D eigenvalue weighted by molar-refractivity contribution is 9.10. The molecular weight excluding hydrogens is 330 g/mol. The van der Waals surface area contributed by atoms with E-state index in [9.17, 15) is 8.42 Å². The molecule has 1 heterocycles. The zero-order chi connectivity index (χ0) is 13.9. The van der Waals surface area contributed by atoms with Gasteiger partial charge in [0.05, 0.1) is 4.90 Å². The largest absolute Gasteiger partial charge is 0.396 e. The van der Waals surface area contributed by atoms with E-state index < -0.39 is 10.0 Å². The molecule has 1 unspecified atom stereocenters. The lowest BCUT2D eigenvalue weighted by Crippen LogP contribution is -2.44. The van der Waals surface area contributed by atoms with E-state index in [2.05, 4.69) is 15.9 Å². The molecule has 0 bridgehead atoms. The lowest BCUT2D eigenvalue weighted by Gasteiger charge is -2.34. The third kappa shape index (κ3) is 3.37. The van der Waals surface area contributed by atoms with Crippen LogP contribution in [0.25, 0.3) is 0 Å². The molecule has 0 radical (unpaired) electrons. The minimum absolute atomic E-state index is 0.0248. The van der Waals surface area contributed by atoms with Gasteiger partial charge in [0.1, 0.15) is 0 Å². The van der Waals surface area contributed by atoms with Gasteiger partial charge in [-0.2, -0.15) is 4.31 Å². The maximum atomic E-state index is 12.6. The number of sulfonamides is 1. The molecule has 1 aromatic rings. The normalized spacial score (nSPS) is 21.5. The summed E-state index contributed by atoms with van der Waals surface area (Å²) in [4.78, 5) is 0.320. The number of piperidine rings is 1. The molecule has 19 heavy (non-hydrogen) atoms. The van der Waals surface area contributed by atoms with Gasteiger partial charge in [-0.3, -0.25) is 0 Å². The Morgan fingerprint density at radius 1 is 1.26 bits per heavy atom. The van der Waals surface area contributed by atoms with Crippen molar-refractivity contribution in [2.45, 2.75) is 36.6 Å². The highest BCUT2D eigenvalue weighted by atomic mass is 79.9. The molecule has 0 amide bonds. The number of rotatable bonds is 4. The monoisotopic (exact) mass is 347 g/mol. The second kappa shape index (κ2) is 6.35. The molecule has 4 nitrogen and oxygen atoms in total. The molecule has 1 aliphatic heterocycles. The first kappa shape index (κ1) is 15.0. The van der Waals surface area contributed by atoms with Gasteiger partial charge in [0.15, 0.2) is 0 Å². The van der Waals surface area contributed by atoms with Gasteiger partial charge in [-0.1, -0.05) is 22.4 Å². The predicted octanol–water partition coefficient (Wildman–Crippen LogP) is 2.37. The fraction of sp³-hybridized carbons (Fsp3) is 0.538. The Morgan fingerprint density at radius 2 is 1.95 bits per heavy atom. The van der Waals surface area contributed by atoms with Crippen molar-refractivity contribution in [2.75, 3.05) is 13.2 Å². The second-order valence-corrected chi connectivity index (χ2v) is 7.54. The first-order chi connectivity index (χ1) is 9.05. The van der Waals surface area contributed by atoms with Crippen LogP contribution in [0.2, 0.25) is 0 Å². The molecule has 0 aromatic heterocycles. The Balaban J connectivity index is 2.28. The van der Waals surface area contributed by atoms with Crippen molar-refractivity contribution >= 4 is 26.0 Å². The highest BCUT2D eigenvalue weighted by Gasteiger charge is 2.32. The predicted molar refractivity (Wildman–Crippen MR) is 77.4 cm³/mol. The van der Waals surface area contributed by atoms with Crippen molar-refractivity contribution < 1.29 is 13.5 Å². The third-order valence-electron chi connectivity index (χ3n) is 3.46. The SMILES string of the molecule is O=S(=O)(c1ccc(Br)cc1)N1CCCCC1CCO. The van der Waals surface area contributed by atoms with Crippen molar-refractivity contribution in [3.8, 4) is 0 Å². The summed E-state index contributed by atoms with van der Waals surface area (Å²) in [5, 5.41) is 9.08. The smallest absolute Gasteiger partial charge is 0.243 e. The maximum Gasteiger partial charge on any atom is 0.243 e. The minimum Gasteiger partial charge on any atom is -0.396 e. The molecule has 1 aromatic carbocycles. The molecule has 106 valence electrons. The molecule has 6 heteroatoms. The Kier molecular flexibility index (Phi) is 5.00. The number of nitrogens with zero attached hydrogens (tertiary/aromatic N) is 1. The van der Waals surface area contributed by atoms with Crippen LogP contribution < -0.4 is 0 Å². The molecule has 0 spiro atoms. The van der Waals surface area contributed by atoms with Crippen LogP contribution in [0.5, 0.6) is 0 Å². The molecule has 1 saturated heterocycles. The fourth-order valence-corrected chi connectivity index (χ4v) is 4.46. The van der Waals surface area contributed by atoms with E-state index in [0.717, 1.165) is 23.7 Å². The summed E-state index contributed by atoms with van der Waals surface area (Å²) in [7, 11) is -3.45. The topological polar surface area (TPSA) is 57.6 Å². The van der Waals surface area contributed by atoms with E-state index in [1.807, 2.05) is 0 Å². The van der Waals surface area contributed by atoms with Crippen molar-refractivity contribution in [2.24, 2.45) is 0 Å². The van der Waals surface area contributed by atoms with Gasteiger partial charge in [0.25, 0.3) is 0 Å². The van der Waals surface area contributed by atoms with Crippen molar-refractivity contribution in [3.63, 3.8) is 0 Å². The van der Waals surface area contributed by atoms with Gasteiger partial charge in [0.2, 0.25) is 10.0 Å². The summed E-state index contributed by atoms with van der Waals surface area (Å²) in [6.45, 7) is 0.570. The second-order valence-electron chi connectivity index (χ2n) is 4.73. The van der Waals surface area contributed by atoms with E-state index >= 15 is 0 Å². The molecule has 2 rings (SSSR count). The number of halogens is 1. The summed E-state index contributed by atoms with van der Waals surface area (Å²) in [5.41, 5.74) is 0. The van der Waals surface area contributed by atoms with Gasteiger partial charge in [-0.15, -0.1) is 0 Å². The zero-order valence-corrected chi connectivity index (χ0v) is 13.0. The van der Waals surface area contributed by atoms with Crippen LogP contribution in [0.15, 0.2) is 33.6 Å². The van der Waals surface area contributed by atoms with Crippen LogP contribution >= 0.6 is 15.9 Å². The van der Waals surface area contributed by atoms with E-state index in [-0.39, 0.29) is 12.6 Å². The summed E-state index contributed by atoms with van der Waals surface area (Å²) in [6, 6.07) is 6.62. The number of benzene rings is 1. The Bertz CT molecular complexity index is 513.